The van der Waals surface area contributed by atoms with Crippen molar-refractivity contribution in [2.24, 2.45) is 0 Å². The Morgan fingerprint density at radius 2 is 0.577 bits per heavy atom. The van der Waals surface area contributed by atoms with Crippen LogP contribution in [-0.2, 0) is 8.23 Å². The minimum Gasteiger partial charge on any atom is -0.436 e. The molecule has 0 spiro atoms. The van der Waals surface area contributed by atoms with E-state index < -0.39 is 34.0 Å². The highest BCUT2D eigenvalue weighted by Gasteiger charge is 2.30. The second-order valence-corrected chi connectivity index (χ2v) is 21.2. The lowest BCUT2D eigenvalue weighted by Gasteiger charge is -2.25. The average Bonchev–Trinajstić information content (AvgIpc) is 1.64. The summed E-state index contributed by atoms with van der Waals surface area (Å²) < 4.78 is 10.5. The lowest BCUT2D eigenvalue weighted by molar-refractivity contribution is 0.321. The first kappa shape index (κ1) is 63.3. The van der Waals surface area contributed by atoms with Crippen molar-refractivity contribution in [1.82, 2.24) is 0 Å². The highest BCUT2D eigenvalue weighted by atomic mass is 28.5. The van der Waals surface area contributed by atoms with Crippen LogP contribution in [0, 0.1) is 0 Å². The zero-order valence-corrected chi connectivity index (χ0v) is 17.7. The predicted octanol–water partition coefficient (Wildman–Crippen LogP) is 5.55. The van der Waals surface area contributed by atoms with Crippen LogP contribution in [0.3, 0.4) is 0 Å². The van der Waals surface area contributed by atoms with Crippen molar-refractivity contribution in [3.05, 3.63) is 0 Å². The molecule has 0 aromatic heterocycles. The molecule has 0 aliphatic heterocycles. The lowest BCUT2D eigenvalue weighted by atomic mass is 11.8. The van der Waals surface area contributed by atoms with Gasteiger partial charge in [0.15, 0.2) is 8.32 Å². The smallest absolute Gasteiger partial charge is 0.320 e. The summed E-state index contributed by atoms with van der Waals surface area (Å²) in [5, 5.41) is 0. The largest absolute Gasteiger partial charge is 0.436 e. The summed E-state index contributed by atoms with van der Waals surface area (Å²) in [4.78, 5) is 27.6. The first-order valence-corrected chi connectivity index (χ1v) is 18.0. The van der Waals surface area contributed by atoms with Gasteiger partial charge in [-0.15, -0.1) is 0 Å². The molecule has 0 saturated heterocycles. The molecule has 6 nitrogen and oxygen atoms in total. The Bertz CT molecular complexity index is 191. The van der Waals surface area contributed by atoms with E-state index in [1.54, 1.807) is 39.3 Å². The van der Waals surface area contributed by atoms with Crippen LogP contribution in [-0.4, -0.2) is 53.9 Å². The minimum atomic E-state index is -2.48. The minimum absolute atomic E-state index is 0. The monoisotopic (exact) mass is 460 g/mol. The number of hydrogen-bond donors (Lipinski definition) is 3. The normalized spacial score (nSPS) is 9.69. The molecule has 10 heteroatoms. The molecule has 5 N–H and O–H groups in total. The SMILES string of the molecule is C.C.C.C.C.C.C.C[Si](C)(C)O[Si](C)(C)O.C[Si](C)(O)O[Si](C)(C)O.O. The maximum atomic E-state index is 9.30. The zero-order valence-electron chi connectivity index (χ0n) is 13.7. The van der Waals surface area contributed by atoms with Crippen molar-refractivity contribution >= 4 is 34.0 Å². The highest BCUT2D eigenvalue weighted by Crippen LogP contribution is 2.10. The highest BCUT2D eigenvalue weighted by molar-refractivity contribution is 6.80. The lowest BCUT2D eigenvalue weighted by Crippen LogP contribution is -2.44. The van der Waals surface area contributed by atoms with Crippen LogP contribution in [0.2, 0.25) is 58.9 Å². The van der Waals surface area contributed by atoms with Crippen LogP contribution >= 0.6 is 0 Å². The molecular weight excluding hydrogens is 401 g/mol. The van der Waals surface area contributed by atoms with Crippen molar-refractivity contribution in [3.63, 3.8) is 0 Å². The second kappa shape index (κ2) is 21.9. The summed E-state index contributed by atoms with van der Waals surface area (Å²) in [6.07, 6.45) is 0. The Balaban J connectivity index is -0.0000000188. The van der Waals surface area contributed by atoms with Crippen molar-refractivity contribution in [2.75, 3.05) is 0 Å². The van der Waals surface area contributed by atoms with Gasteiger partial charge in [0.2, 0.25) is 0 Å². The van der Waals surface area contributed by atoms with Crippen LogP contribution in [0.1, 0.15) is 52.0 Å². The first-order valence-electron chi connectivity index (χ1n) is 5.99. The fourth-order valence-electron chi connectivity index (χ4n) is 1.36. The summed E-state index contributed by atoms with van der Waals surface area (Å²) in [5.41, 5.74) is 0. The van der Waals surface area contributed by atoms with Gasteiger partial charge in [-0.2, -0.15) is 0 Å². The molecule has 0 saturated carbocycles. The Kier molecular flexibility index (Phi) is 53.3. The molecule has 0 unspecified atom stereocenters. The van der Waals surface area contributed by atoms with Gasteiger partial charge in [0.25, 0.3) is 0 Å². The topological polar surface area (TPSA) is 111 Å². The van der Waals surface area contributed by atoms with Gasteiger partial charge < -0.3 is 28.1 Å². The predicted molar refractivity (Wildman–Crippen MR) is 135 cm³/mol. The van der Waals surface area contributed by atoms with Crippen molar-refractivity contribution in [1.29, 1.82) is 0 Å². The third-order valence-corrected chi connectivity index (χ3v) is 9.50. The standard InChI is InChI=1S/C5H16O2Si2.C4H14O3Si2.7CH4.H2O/c1-8(2,3)7-9(4,5)6;1-8(2,5)7-9(3,4)6;;;;;;;;/h6H,1-5H3;5-6H,1-4H3;7*1H4;1H2. The fraction of sp³-hybridized carbons (Fsp3) is 1.00. The Hall–Kier alpha value is 0.628. The zero-order chi connectivity index (χ0) is 15.4. The molecule has 0 heterocycles. The Morgan fingerprint density at radius 3 is 0.577 bits per heavy atom. The third-order valence-electron chi connectivity index (χ3n) is 1.06. The van der Waals surface area contributed by atoms with Gasteiger partial charge >= 0.3 is 25.7 Å². The number of rotatable bonds is 4. The van der Waals surface area contributed by atoms with Crippen molar-refractivity contribution < 1.29 is 28.1 Å². The van der Waals surface area contributed by atoms with E-state index >= 15 is 0 Å². The average molecular weight is 461 g/mol. The molecule has 0 fully saturated rings. The van der Waals surface area contributed by atoms with E-state index in [4.69, 9.17) is 17.8 Å². The van der Waals surface area contributed by atoms with E-state index in [1.165, 1.54) is 0 Å². The van der Waals surface area contributed by atoms with Gasteiger partial charge in [-0.1, -0.05) is 52.0 Å². The summed E-state index contributed by atoms with van der Waals surface area (Å²) in [6, 6.07) is 0. The maximum Gasteiger partial charge on any atom is 0.320 e. The van der Waals surface area contributed by atoms with Gasteiger partial charge in [0.05, 0.1) is 0 Å². The Morgan fingerprint density at radius 1 is 0.423 bits per heavy atom. The summed E-state index contributed by atoms with van der Waals surface area (Å²) >= 11 is 0. The summed E-state index contributed by atoms with van der Waals surface area (Å²) in [5.74, 6) is 0. The Labute approximate surface area is 173 Å². The van der Waals surface area contributed by atoms with E-state index in [-0.39, 0.29) is 57.5 Å². The second-order valence-electron chi connectivity index (χ2n) is 6.66. The fourth-order valence-corrected chi connectivity index (χ4v) is 12.2. The molecule has 0 aromatic rings. The molecule has 0 atom stereocenters. The van der Waals surface area contributed by atoms with Gasteiger partial charge in [-0.25, -0.2) is 0 Å². The van der Waals surface area contributed by atoms with Crippen LogP contribution in [0.5, 0.6) is 0 Å². The summed E-state index contributed by atoms with van der Waals surface area (Å²) in [6.45, 7) is 16.4. The van der Waals surface area contributed by atoms with Gasteiger partial charge in [0.1, 0.15) is 0 Å². The maximum absolute atomic E-state index is 9.30. The van der Waals surface area contributed by atoms with Crippen LogP contribution in [0.4, 0.5) is 0 Å². The molecule has 0 aromatic carbocycles. The van der Waals surface area contributed by atoms with Gasteiger partial charge in [-0.05, 0) is 58.9 Å². The molecule has 0 rings (SSSR count). The van der Waals surface area contributed by atoms with Crippen molar-refractivity contribution in [3.8, 4) is 0 Å². The molecule has 0 aliphatic rings. The van der Waals surface area contributed by atoms with E-state index in [2.05, 4.69) is 19.6 Å². The van der Waals surface area contributed by atoms with Gasteiger partial charge in [-0.3, -0.25) is 0 Å². The van der Waals surface area contributed by atoms with Crippen LogP contribution in [0.15, 0.2) is 0 Å². The summed E-state index contributed by atoms with van der Waals surface area (Å²) in [7, 11) is -8.67. The first-order chi connectivity index (χ1) is 7.41. The van der Waals surface area contributed by atoms with Crippen LogP contribution in [0.25, 0.3) is 0 Å². The van der Waals surface area contributed by atoms with Gasteiger partial charge in [0, 0.05) is 0 Å². The quantitative estimate of drug-likeness (QED) is 0.476. The van der Waals surface area contributed by atoms with E-state index in [1.807, 2.05) is 0 Å². The van der Waals surface area contributed by atoms with Crippen LogP contribution < -0.4 is 0 Å². The third kappa shape index (κ3) is 86.2. The van der Waals surface area contributed by atoms with E-state index in [0.717, 1.165) is 0 Å². The molecule has 176 valence electrons. The van der Waals surface area contributed by atoms with E-state index in [9.17, 15) is 4.80 Å². The van der Waals surface area contributed by atoms with Crippen molar-refractivity contribution in [2.45, 2.75) is 111 Å². The molecule has 0 aliphatic carbocycles. The molecule has 26 heavy (non-hydrogen) atoms. The molecule has 0 radical (unpaired) electrons. The number of hydrogen-bond acceptors (Lipinski definition) is 5. The van der Waals surface area contributed by atoms with E-state index in [0.29, 0.717) is 0 Å². The molecule has 0 bridgehead atoms. The molecular formula is C16H60O6Si4. The molecule has 0 amide bonds.